The summed E-state index contributed by atoms with van der Waals surface area (Å²) in [7, 11) is 1.54. The fourth-order valence-electron chi connectivity index (χ4n) is 4.81. The smallest absolute Gasteiger partial charge is 0.172 e. The molecule has 3 aromatic carbocycles. The van der Waals surface area contributed by atoms with E-state index in [4.69, 9.17) is 9.47 Å². The second-order valence-electron chi connectivity index (χ2n) is 8.89. The summed E-state index contributed by atoms with van der Waals surface area (Å²) in [5, 5.41) is 23.7. The Kier molecular flexibility index (Phi) is 4.68. The SMILES string of the molecule is COc1c(O)ccc2c1-c1ccc3c(c1/C(=C/c1ccccc1C#N)O2)C(C)=CC(C)(C)N3. The van der Waals surface area contributed by atoms with Gasteiger partial charge in [0.1, 0.15) is 11.5 Å². The van der Waals surface area contributed by atoms with Crippen molar-refractivity contribution in [2.24, 2.45) is 0 Å². The Morgan fingerprint density at radius 3 is 2.61 bits per heavy atom. The number of hydrogen-bond acceptors (Lipinski definition) is 5. The molecule has 0 unspecified atom stereocenters. The molecular weight excluding hydrogens is 412 g/mol. The zero-order valence-corrected chi connectivity index (χ0v) is 19.0. The molecule has 0 saturated heterocycles. The maximum Gasteiger partial charge on any atom is 0.172 e. The lowest BCUT2D eigenvalue weighted by Crippen LogP contribution is -2.32. The van der Waals surface area contributed by atoms with Crippen LogP contribution >= 0.6 is 0 Å². The van der Waals surface area contributed by atoms with Crippen molar-refractivity contribution in [1.29, 1.82) is 5.26 Å². The second kappa shape index (κ2) is 7.46. The molecule has 0 atom stereocenters. The molecule has 2 heterocycles. The quantitative estimate of drug-likeness (QED) is 0.484. The highest BCUT2D eigenvalue weighted by Crippen LogP contribution is 2.54. The van der Waals surface area contributed by atoms with Crippen LogP contribution in [0.4, 0.5) is 5.69 Å². The zero-order valence-electron chi connectivity index (χ0n) is 19.0. The highest BCUT2D eigenvalue weighted by atomic mass is 16.5. The van der Waals surface area contributed by atoms with Crippen molar-refractivity contribution in [3.8, 4) is 34.4 Å². The van der Waals surface area contributed by atoms with E-state index in [1.165, 1.54) is 7.11 Å². The van der Waals surface area contributed by atoms with Crippen LogP contribution in [-0.4, -0.2) is 17.8 Å². The van der Waals surface area contributed by atoms with Crippen molar-refractivity contribution in [1.82, 2.24) is 0 Å². The Morgan fingerprint density at radius 1 is 1.06 bits per heavy atom. The average Bonchev–Trinajstić information content (AvgIpc) is 2.78. The van der Waals surface area contributed by atoms with Gasteiger partial charge in [-0.2, -0.15) is 5.26 Å². The van der Waals surface area contributed by atoms with Crippen LogP contribution in [0.2, 0.25) is 0 Å². The van der Waals surface area contributed by atoms with E-state index in [9.17, 15) is 10.4 Å². The minimum absolute atomic E-state index is 0.0531. The van der Waals surface area contributed by atoms with Gasteiger partial charge in [-0.3, -0.25) is 0 Å². The van der Waals surface area contributed by atoms with Gasteiger partial charge in [0.25, 0.3) is 0 Å². The van der Waals surface area contributed by atoms with E-state index in [0.717, 1.165) is 33.5 Å². The molecule has 5 rings (SSSR count). The topological polar surface area (TPSA) is 74.5 Å². The summed E-state index contributed by atoms with van der Waals surface area (Å²) < 4.78 is 12.0. The third-order valence-electron chi connectivity index (χ3n) is 6.04. The van der Waals surface area contributed by atoms with Gasteiger partial charge >= 0.3 is 0 Å². The van der Waals surface area contributed by atoms with Gasteiger partial charge in [-0.25, -0.2) is 0 Å². The van der Waals surface area contributed by atoms with Crippen molar-refractivity contribution < 1.29 is 14.6 Å². The molecule has 0 radical (unpaired) electrons. The summed E-state index contributed by atoms with van der Waals surface area (Å²) in [6.45, 7) is 6.36. The number of aromatic hydroxyl groups is 1. The largest absolute Gasteiger partial charge is 0.504 e. The number of fused-ring (bicyclic) bond motifs is 5. The van der Waals surface area contributed by atoms with Crippen LogP contribution in [0.15, 0.2) is 54.6 Å². The standard InChI is InChI=1S/C28H24N2O3/c1-16-14-28(2,3)30-20-10-9-19-25(24(16)20)23(13-17-7-5-6-8-18(17)15-29)33-22-12-11-21(31)27(32-4)26(19)22/h5-14,30-31H,1-4H3/b23-13-. The summed E-state index contributed by atoms with van der Waals surface area (Å²) >= 11 is 0. The number of hydrogen-bond donors (Lipinski definition) is 2. The molecule has 164 valence electrons. The molecular formula is C28H24N2O3. The third-order valence-corrected chi connectivity index (χ3v) is 6.04. The van der Waals surface area contributed by atoms with Gasteiger partial charge in [-0.15, -0.1) is 0 Å². The summed E-state index contributed by atoms with van der Waals surface area (Å²) in [6.07, 6.45) is 4.11. The van der Waals surface area contributed by atoms with Crippen LogP contribution in [0.25, 0.3) is 28.5 Å². The number of nitrogens with one attached hydrogen (secondary N) is 1. The van der Waals surface area contributed by atoms with Gasteiger partial charge in [0.05, 0.1) is 29.8 Å². The Labute approximate surface area is 193 Å². The van der Waals surface area contributed by atoms with Gasteiger partial charge in [0, 0.05) is 22.4 Å². The monoisotopic (exact) mass is 436 g/mol. The van der Waals surface area contributed by atoms with Crippen molar-refractivity contribution >= 4 is 23.1 Å². The van der Waals surface area contributed by atoms with Crippen molar-refractivity contribution in [2.75, 3.05) is 12.4 Å². The Morgan fingerprint density at radius 2 is 1.85 bits per heavy atom. The molecule has 2 aliphatic rings. The first-order chi connectivity index (χ1) is 15.8. The van der Waals surface area contributed by atoms with Crippen LogP contribution in [0, 0.1) is 11.3 Å². The fraction of sp³-hybridized carbons (Fsp3) is 0.179. The zero-order chi connectivity index (χ0) is 23.3. The number of phenols is 1. The van der Waals surface area contributed by atoms with Crippen LogP contribution < -0.4 is 14.8 Å². The Bertz CT molecular complexity index is 1410. The normalized spacial score (nSPS) is 16.3. The van der Waals surface area contributed by atoms with Gasteiger partial charge < -0.3 is 19.9 Å². The number of nitriles is 1. The lowest BCUT2D eigenvalue weighted by molar-refractivity contribution is 0.371. The Balaban J connectivity index is 1.86. The van der Waals surface area contributed by atoms with E-state index in [1.54, 1.807) is 18.2 Å². The number of methoxy groups -OCH3 is 1. The predicted molar refractivity (Wildman–Crippen MR) is 131 cm³/mol. The molecule has 0 fully saturated rings. The van der Waals surface area contributed by atoms with Crippen LogP contribution in [-0.2, 0) is 0 Å². The molecule has 0 spiro atoms. The third kappa shape index (κ3) is 3.32. The van der Waals surface area contributed by atoms with E-state index in [2.05, 4.69) is 44.3 Å². The average molecular weight is 437 g/mol. The molecule has 0 bridgehead atoms. The van der Waals surface area contributed by atoms with Crippen molar-refractivity contribution in [3.05, 3.63) is 76.9 Å². The van der Waals surface area contributed by atoms with Crippen molar-refractivity contribution in [3.63, 3.8) is 0 Å². The van der Waals surface area contributed by atoms with Gasteiger partial charge in [0.2, 0.25) is 0 Å². The molecule has 5 heteroatoms. The molecule has 2 aliphatic heterocycles. The predicted octanol–water partition coefficient (Wildman–Crippen LogP) is 6.44. The molecule has 0 aromatic heterocycles. The summed E-state index contributed by atoms with van der Waals surface area (Å²) in [6, 6.07) is 17.1. The van der Waals surface area contributed by atoms with Crippen LogP contribution in [0.5, 0.6) is 17.2 Å². The molecule has 0 aliphatic carbocycles. The number of ether oxygens (including phenoxy) is 2. The first-order valence-electron chi connectivity index (χ1n) is 10.8. The van der Waals surface area contributed by atoms with Gasteiger partial charge in [-0.05, 0) is 62.2 Å². The van der Waals surface area contributed by atoms with Crippen molar-refractivity contribution in [2.45, 2.75) is 26.3 Å². The first kappa shape index (κ1) is 20.7. The number of phenolic OH excluding ortho intramolecular Hbond substituents is 1. The first-order valence-corrected chi connectivity index (χ1v) is 10.8. The van der Waals surface area contributed by atoms with E-state index in [-0.39, 0.29) is 11.3 Å². The fourth-order valence-corrected chi connectivity index (χ4v) is 4.81. The maximum atomic E-state index is 10.5. The summed E-state index contributed by atoms with van der Waals surface area (Å²) in [4.78, 5) is 0. The number of rotatable bonds is 2. The van der Waals surface area contributed by atoms with Crippen LogP contribution in [0.1, 0.15) is 43.0 Å². The van der Waals surface area contributed by atoms with E-state index < -0.39 is 0 Å². The van der Waals surface area contributed by atoms with Gasteiger partial charge in [0.15, 0.2) is 11.5 Å². The maximum absolute atomic E-state index is 10.5. The molecule has 0 saturated carbocycles. The number of nitrogens with zero attached hydrogens (tertiary/aromatic N) is 1. The van der Waals surface area contributed by atoms with E-state index >= 15 is 0 Å². The van der Waals surface area contributed by atoms with E-state index in [1.807, 2.05) is 30.3 Å². The molecule has 3 aromatic rings. The molecule has 0 amide bonds. The minimum Gasteiger partial charge on any atom is -0.504 e. The minimum atomic E-state index is -0.188. The molecule has 33 heavy (non-hydrogen) atoms. The van der Waals surface area contributed by atoms with Gasteiger partial charge in [-0.1, -0.05) is 30.3 Å². The highest BCUT2D eigenvalue weighted by Gasteiger charge is 2.33. The summed E-state index contributed by atoms with van der Waals surface area (Å²) in [5.74, 6) is 1.65. The highest BCUT2D eigenvalue weighted by molar-refractivity contribution is 6.02. The van der Waals surface area contributed by atoms with Crippen LogP contribution in [0.3, 0.4) is 0 Å². The molecule has 5 nitrogen and oxygen atoms in total. The summed E-state index contributed by atoms with van der Waals surface area (Å²) in [5.41, 5.74) is 6.82. The number of anilines is 1. The molecule has 2 N–H and O–H groups in total. The van der Waals surface area contributed by atoms with E-state index in [0.29, 0.717) is 28.4 Å². The lowest BCUT2D eigenvalue weighted by Gasteiger charge is -2.35. The lowest BCUT2D eigenvalue weighted by atomic mass is 9.82. The second-order valence-corrected chi connectivity index (χ2v) is 8.89. The number of benzene rings is 3. The Hall–Kier alpha value is -4.17. The number of allylic oxidation sites excluding steroid dienone is 1.